The number of ether oxygens (including phenoxy) is 1. The van der Waals surface area contributed by atoms with Crippen LogP contribution in [0.3, 0.4) is 0 Å². The summed E-state index contributed by atoms with van der Waals surface area (Å²) >= 11 is 0. The van der Waals surface area contributed by atoms with Crippen molar-refractivity contribution in [1.82, 2.24) is 9.21 Å². The molecule has 35 heavy (non-hydrogen) atoms. The number of aryl methyl sites for hydroxylation is 1. The number of carbonyl (C=O) groups is 3. The zero-order valence-corrected chi connectivity index (χ0v) is 20.9. The van der Waals surface area contributed by atoms with Gasteiger partial charge in [0.15, 0.2) is 5.78 Å². The molecule has 2 aliphatic heterocycles. The van der Waals surface area contributed by atoms with Crippen molar-refractivity contribution in [1.29, 1.82) is 0 Å². The van der Waals surface area contributed by atoms with Gasteiger partial charge in [0.1, 0.15) is 5.75 Å². The zero-order valence-electron chi connectivity index (χ0n) is 20.1. The highest BCUT2D eigenvalue weighted by molar-refractivity contribution is 7.89. The molecule has 0 aromatic heterocycles. The van der Waals surface area contributed by atoms with Crippen molar-refractivity contribution in [2.45, 2.75) is 25.2 Å². The average Bonchev–Trinajstić information content (AvgIpc) is 3.25. The highest BCUT2D eigenvalue weighted by atomic mass is 32.2. The maximum absolute atomic E-state index is 13.2. The summed E-state index contributed by atoms with van der Waals surface area (Å²) in [6.07, 6.45) is 0.108. The van der Waals surface area contributed by atoms with Crippen LogP contribution in [-0.4, -0.2) is 75.1 Å². The predicted molar refractivity (Wildman–Crippen MR) is 130 cm³/mol. The number of rotatable bonds is 6. The lowest BCUT2D eigenvalue weighted by atomic mass is 10.1. The van der Waals surface area contributed by atoms with Gasteiger partial charge in [-0.15, -0.1) is 0 Å². The number of anilines is 1. The van der Waals surface area contributed by atoms with Crippen LogP contribution in [-0.2, 0) is 19.6 Å². The van der Waals surface area contributed by atoms with Crippen LogP contribution in [0.2, 0.25) is 0 Å². The zero-order chi connectivity index (χ0) is 25.3. The Bertz CT molecular complexity index is 1250. The van der Waals surface area contributed by atoms with E-state index >= 15 is 0 Å². The third-order valence-electron chi connectivity index (χ3n) is 6.55. The Morgan fingerprint density at radius 3 is 2.26 bits per heavy atom. The summed E-state index contributed by atoms with van der Waals surface area (Å²) in [6.45, 7) is 4.45. The van der Waals surface area contributed by atoms with Crippen molar-refractivity contribution in [2.75, 3.05) is 44.7 Å². The number of amides is 2. The number of benzene rings is 2. The number of nitrogens with zero attached hydrogens (tertiary/aromatic N) is 3. The summed E-state index contributed by atoms with van der Waals surface area (Å²) in [5.41, 5.74) is 2.08. The molecule has 9 nitrogen and oxygen atoms in total. The number of carbonyl (C=O) groups excluding carboxylic acids is 3. The molecule has 0 aliphatic carbocycles. The molecule has 0 unspecified atom stereocenters. The first-order valence-electron chi connectivity index (χ1n) is 11.5. The molecular formula is C25H29N3O6S. The molecule has 2 aromatic rings. The smallest absolute Gasteiger partial charge is 0.243 e. The highest BCUT2D eigenvalue weighted by Gasteiger charge is 2.39. The number of sulfonamides is 1. The number of hydrogen-bond acceptors (Lipinski definition) is 6. The molecule has 0 spiro atoms. The van der Waals surface area contributed by atoms with Crippen molar-refractivity contribution in [3.05, 3.63) is 53.6 Å². The number of methoxy groups -OCH3 is 1. The van der Waals surface area contributed by atoms with Gasteiger partial charge in [0.05, 0.1) is 23.6 Å². The van der Waals surface area contributed by atoms with Gasteiger partial charge in [-0.1, -0.05) is 18.2 Å². The average molecular weight is 500 g/mol. The highest BCUT2D eigenvalue weighted by Crippen LogP contribution is 2.34. The lowest BCUT2D eigenvalue weighted by Crippen LogP contribution is -2.52. The van der Waals surface area contributed by atoms with E-state index in [4.69, 9.17) is 4.74 Å². The molecular weight excluding hydrogens is 470 g/mol. The lowest BCUT2D eigenvalue weighted by molar-refractivity contribution is -0.136. The molecule has 186 valence electrons. The van der Waals surface area contributed by atoms with Gasteiger partial charge in [-0.05, 0) is 43.7 Å². The molecule has 2 saturated heterocycles. The molecule has 10 heteroatoms. The van der Waals surface area contributed by atoms with Crippen LogP contribution in [0.5, 0.6) is 5.75 Å². The first-order valence-corrected chi connectivity index (χ1v) is 12.9. The SMILES string of the molecule is COc1ccc(C)cc1N1C[C@@H](C(=O)N2CCN(S(=O)(=O)c3ccc(C(C)=O)cc3)CC2)CC1=O. The molecule has 2 heterocycles. The largest absolute Gasteiger partial charge is 0.495 e. The summed E-state index contributed by atoms with van der Waals surface area (Å²) in [4.78, 5) is 40.7. The monoisotopic (exact) mass is 499 g/mol. The molecule has 0 N–H and O–H groups in total. The number of piperazine rings is 1. The number of ketones is 1. The number of hydrogen-bond donors (Lipinski definition) is 0. The molecule has 4 rings (SSSR count). The van der Waals surface area contributed by atoms with E-state index in [-0.39, 0.29) is 61.6 Å². The van der Waals surface area contributed by atoms with Gasteiger partial charge in [0.2, 0.25) is 21.8 Å². The van der Waals surface area contributed by atoms with E-state index in [0.717, 1.165) is 5.56 Å². The molecule has 0 radical (unpaired) electrons. The number of Topliss-reactive ketones (excluding diaryl/α,β-unsaturated/α-hetero) is 1. The van der Waals surface area contributed by atoms with Crippen LogP contribution in [0.25, 0.3) is 0 Å². The molecule has 2 aliphatic rings. The molecule has 0 saturated carbocycles. The van der Waals surface area contributed by atoms with E-state index in [1.165, 1.54) is 35.5 Å². The van der Waals surface area contributed by atoms with Gasteiger partial charge in [-0.25, -0.2) is 8.42 Å². The van der Waals surface area contributed by atoms with Gasteiger partial charge in [-0.3, -0.25) is 14.4 Å². The van der Waals surface area contributed by atoms with Crippen LogP contribution < -0.4 is 9.64 Å². The van der Waals surface area contributed by atoms with Crippen molar-refractivity contribution in [3.8, 4) is 5.75 Å². The Labute approximate surface area is 205 Å². The third-order valence-corrected chi connectivity index (χ3v) is 8.46. The van der Waals surface area contributed by atoms with E-state index in [0.29, 0.717) is 17.0 Å². The van der Waals surface area contributed by atoms with Gasteiger partial charge in [0.25, 0.3) is 0 Å². The first-order chi connectivity index (χ1) is 16.6. The van der Waals surface area contributed by atoms with Crippen LogP contribution in [0.15, 0.2) is 47.4 Å². The maximum Gasteiger partial charge on any atom is 0.243 e. The van der Waals surface area contributed by atoms with Gasteiger partial charge in [0, 0.05) is 44.7 Å². The minimum atomic E-state index is -3.73. The van der Waals surface area contributed by atoms with Crippen molar-refractivity contribution in [3.63, 3.8) is 0 Å². The molecule has 2 fully saturated rings. The van der Waals surface area contributed by atoms with Crippen LogP contribution in [0, 0.1) is 12.8 Å². The second-order valence-corrected chi connectivity index (χ2v) is 10.8. The second-order valence-electron chi connectivity index (χ2n) is 8.89. The lowest BCUT2D eigenvalue weighted by Gasteiger charge is -2.35. The minimum absolute atomic E-state index is 0.108. The summed E-state index contributed by atoms with van der Waals surface area (Å²) in [5, 5.41) is 0. The summed E-state index contributed by atoms with van der Waals surface area (Å²) < 4.78 is 32.8. The standard InChI is InChI=1S/C25H29N3O6S/c1-17-4-9-23(34-3)22(14-17)28-16-20(15-24(28)30)25(31)26-10-12-27(13-11-26)35(32,33)21-7-5-19(6-8-21)18(2)29/h4-9,14,20H,10-13,15-16H2,1-3H3/t20-/m0/s1. The Morgan fingerprint density at radius 2 is 1.66 bits per heavy atom. The predicted octanol–water partition coefficient (Wildman–Crippen LogP) is 2.09. The van der Waals surface area contributed by atoms with Gasteiger partial charge in [-0.2, -0.15) is 4.31 Å². The Morgan fingerprint density at radius 1 is 1.00 bits per heavy atom. The van der Waals surface area contributed by atoms with Gasteiger partial charge < -0.3 is 14.5 Å². The molecule has 0 bridgehead atoms. The quantitative estimate of drug-likeness (QED) is 0.564. The van der Waals surface area contributed by atoms with Crippen molar-refractivity contribution in [2.24, 2.45) is 5.92 Å². The van der Waals surface area contributed by atoms with Crippen molar-refractivity contribution >= 4 is 33.3 Å². The normalized spacial score (nSPS) is 19.2. The van der Waals surface area contributed by atoms with E-state index in [1.807, 2.05) is 19.1 Å². The van der Waals surface area contributed by atoms with E-state index in [9.17, 15) is 22.8 Å². The fraction of sp³-hybridized carbons (Fsp3) is 0.400. The Hall–Kier alpha value is -3.24. The fourth-order valence-electron chi connectivity index (χ4n) is 4.53. The van der Waals surface area contributed by atoms with Crippen LogP contribution in [0.4, 0.5) is 5.69 Å². The Kier molecular flexibility index (Phi) is 6.95. The van der Waals surface area contributed by atoms with Crippen molar-refractivity contribution < 1.29 is 27.5 Å². The minimum Gasteiger partial charge on any atom is -0.495 e. The second kappa shape index (κ2) is 9.79. The summed E-state index contributed by atoms with van der Waals surface area (Å²) in [5.74, 6) is -0.328. The summed E-state index contributed by atoms with van der Waals surface area (Å²) in [7, 11) is -2.19. The molecule has 1 atom stereocenters. The molecule has 2 amide bonds. The van der Waals surface area contributed by atoms with E-state index in [1.54, 1.807) is 23.0 Å². The molecule has 2 aromatic carbocycles. The van der Waals surface area contributed by atoms with E-state index in [2.05, 4.69) is 0 Å². The summed E-state index contributed by atoms with van der Waals surface area (Å²) in [6, 6.07) is 11.4. The maximum atomic E-state index is 13.2. The fourth-order valence-corrected chi connectivity index (χ4v) is 5.96. The topological polar surface area (TPSA) is 104 Å². The van der Waals surface area contributed by atoms with Crippen LogP contribution >= 0.6 is 0 Å². The third kappa shape index (κ3) is 4.94. The first kappa shape index (κ1) is 24.9. The van der Waals surface area contributed by atoms with E-state index < -0.39 is 15.9 Å². The Balaban J connectivity index is 1.40. The van der Waals surface area contributed by atoms with Crippen LogP contribution in [0.1, 0.15) is 29.3 Å². The van der Waals surface area contributed by atoms with Gasteiger partial charge >= 0.3 is 0 Å².